The van der Waals surface area contributed by atoms with Crippen LogP contribution in [0.25, 0.3) is 0 Å². The van der Waals surface area contributed by atoms with Gasteiger partial charge < -0.3 is 0 Å². The van der Waals surface area contributed by atoms with Gasteiger partial charge in [-0.25, -0.2) is 0 Å². The predicted octanol–water partition coefficient (Wildman–Crippen LogP) is 4.18. The van der Waals surface area contributed by atoms with Crippen molar-refractivity contribution in [2.45, 2.75) is 57.3 Å². The second kappa shape index (κ2) is 4.17. The van der Waals surface area contributed by atoms with Crippen LogP contribution >= 0.6 is 22.9 Å². The van der Waals surface area contributed by atoms with Crippen molar-refractivity contribution in [1.82, 2.24) is 10.2 Å². The minimum absolute atomic E-state index is 0.376. The molecule has 4 aliphatic carbocycles. The molecule has 1 aromatic rings. The van der Waals surface area contributed by atoms with Gasteiger partial charge in [0.15, 0.2) is 0 Å². The van der Waals surface area contributed by atoms with Crippen LogP contribution in [0.4, 0.5) is 0 Å². The van der Waals surface area contributed by atoms with Gasteiger partial charge in [-0.05, 0) is 55.8 Å². The van der Waals surface area contributed by atoms with Crippen molar-refractivity contribution in [3.8, 4) is 0 Å². The fourth-order valence-corrected chi connectivity index (χ4v) is 6.96. The van der Waals surface area contributed by atoms with Crippen molar-refractivity contribution >= 4 is 22.9 Å². The van der Waals surface area contributed by atoms with Crippen molar-refractivity contribution in [1.29, 1.82) is 0 Å². The molecule has 1 aromatic heterocycles. The van der Waals surface area contributed by atoms with E-state index in [4.69, 9.17) is 11.6 Å². The average Bonchev–Trinajstić information content (AvgIpc) is 2.75. The summed E-state index contributed by atoms with van der Waals surface area (Å²) in [5, 5.41) is 11.4. The molecule has 0 aliphatic heterocycles. The molecule has 0 radical (unpaired) electrons. The zero-order valence-corrected chi connectivity index (χ0v) is 13.1. The third-order valence-electron chi connectivity index (χ3n) is 5.58. The van der Waals surface area contributed by atoms with E-state index in [1.165, 1.54) is 43.5 Å². The zero-order chi connectivity index (χ0) is 13.1. The zero-order valence-electron chi connectivity index (χ0n) is 11.5. The molecular weight excluding hydrogens is 276 g/mol. The minimum atomic E-state index is 0.376. The number of aryl methyl sites for hydroxylation is 1. The Morgan fingerprint density at radius 1 is 1.21 bits per heavy atom. The third-order valence-corrected chi connectivity index (χ3v) is 7.00. The van der Waals surface area contributed by atoms with Gasteiger partial charge in [-0.2, -0.15) is 0 Å². The Hall–Kier alpha value is -0.150. The van der Waals surface area contributed by atoms with Crippen molar-refractivity contribution < 1.29 is 0 Å². The van der Waals surface area contributed by atoms with Gasteiger partial charge in [0.2, 0.25) is 0 Å². The van der Waals surface area contributed by atoms with E-state index in [-0.39, 0.29) is 0 Å². The summed E-state index contributed by atoms with van der Waals surface area (Å²) in [6.07, 6.45) is 9.35. The van der Waals surface area contributed by atoms with Gasteiger partial charge in [-0.1, -0.05) is 6.92 Å². The molecule has 0 N–H and O–H groups in total. The van der Waals surface area contributed by atoms with Gasteiger partial charge in [0.05, 0.1) is 0 Å². The number of nitrogens with zero attached hydrogens (tertiary/aromatic N) is 2. The summed E-state index contributed by atoms with van der Waals surface area (Å²) >= 11 is 7.66. The van der Waals surface area contributed by atoms with E-state index >= 15 is 0 Å². The predicted molar refractivity (Wildman–Crippen MR) is 78.8 cm³/mol. The topological polar surface area (TPSA) is 25.8 Å². The van der Waals surface area contributed by atoms with Crippen LogP contribution in [0.2, 0.25) is 0 Å². The molecule has 2 unspecified atom stereocenters. The van der Waals surface area contributed by atoms with Crippen LogP contribution in [0.5, 0.6) is 0 Å². The monoisotopic (exact) mass is 296 g/mol. The smallest absolute Gasteiger partial charge is 0.123 e. The molecule has 0 saturated heterocycles. The highest BCUT2D eigenvalue weighted by molar-refractivity contribution is 7.11. The maximum atomic E-state index is 5.83. The van der Waals surface area contributed by atoms with Crippen LogP contribution in [0.3, 0.4) is 0 Å². The molecule has 0 aromatic carbocycles. The van der Waals surface area contributed by atoms with E-state index in [0.29, 0.717) is 16.7 Å². The van der Waals surface area contributed by atoms with Gasteiger partial charge in [0.1, 0.15) is 10.0 Å². The summed E-state index contributed by atoms with van der Waals surface area (Å²) in [5.74, 6) is 2.56. The van der Waals surface area contributed by atoms with Crippen LogP contribution in [-0.4, -0.2) is 16.1 Å². The maximum absolute atomic E-state index is 5.83. The SMILES string of the molecule is CC12CC3CC(C1)CC(c1nnc(CCCl)s1)(C3)C2. The van der Waals surface area contributed by atoms with E-state index < -0.39 is 0 Å². The van der Waals surface area contributed by atoms with Gasteiger partial charge in [-0.3, -0.25) is 0 Å². The first-order valence-electron chi connectivity index (χ1n) is 7.50. The molecule has 0 spiro atoms. The second-order valence-electron chi connectivity index (χ2n) is 7.49. The Morgan fingerprint density at radius 2 is 1.95 bits per heavy atom. The van der Waals surface area contributed by atoms with Crippen molar-refractivity contribution in [3.05, 3.63) is 10.0 Å². The number of rotatable bonds is 3. The first-order valence-corrected chi connectivity index (χ1v) is 8.85. The molecule has 5 rings (SSSR count). The fraction of sp³-hybridized carbons (Fsp3) is 0.867. The van der Waals surface area contributed by atoms with Crippen LogP contribution in [0, 0.1) is 17.3 Å². The lowest BCUT2D eigenvalue weighted by molar-refractivity contribution is -0.0618. The van der Waals surface area contributed by atoms with E-state index in [9.17, 15) is 0 Å². The van der Waals surface area contributed by atoms with Gasteiger partial charge in [0, 0.05) is 17.7 Å². The van der Waals surface area contributed by atoms with Gasteiger partial charge >= 0.3 is 0 Å². The van der Waals surface area contributed by atoms with Crippen LogP contribution in [-0.2, 0) is 11.8 Å². The molecule has 104 valence electrons. The normalized spacial score (nSPS) is 43.9. The highest BCUT2D eigenvalue weighted by Gasteiger charge is 2.57. The molecule has 1 heterocycles. The first-order chi connectivity index (χ1) is 9.11. The molecule has 19 heavy (non-hydrogen) atoms. The molecule has 2 nitrogen and oxygen atoms in total. The maximum Gasteiger partial charge on any atom is 0.123 e. The van der Waals surface area contributed by atoms with Gasteiger partial charge in [-0.15, -0.1) is 33.1 Å². The fourth-order valence-electron chi connectivity index (χ4n) is 5.62. The number of halogens is 1. The standard InChI is InChI=1S/C15H21ClN2S/c1-14-5-10-4-11(6-14)8-15(7-10,9-14)13-18-17-12(19-13)2-3-16/h10-11H,2-9H2,1H3. The number of hydrogen-bond donors (Lipinski definition) is 0. The Kier molecular flexibility index (Phi) is 2.76. The third kappa shape index (κ3) is 1.96. The largest absolute Gasteiger partial charge is 0.143 e. The van der Waals surface area contributed by atoms with E-state index in [0.717, 1.165) is 23.3 Å². The lowest BCUT2D eigenvalue weighted by atomic mass is 9.45. The van der Waals surface area contributed by atoms with Crippen LogP contribution in [0.1, 0.15) is 55.5 Å². The Bertz CT molecular complexity index is 484. The number of aromatic nitrogens is 2. The van der Waals surface area contributed by atoms with Crippen molar-refractivity contribution in [2.75, 3.05) is 5.88 Å². The molecule has 2 atom stereocenters. The molecule has 0 amide bonds. The summed E-state index contributed by atoms with van der Waals surface area (Å²) in [6, 6.07) is 0. The van der Waals surface area contributed by atoms with Crippen LogP contribution in [0.15, 0.2) is 0 Å². The van der Waals surface area contributed by atoms with Crippen LogP contribution < -0.4 is 0 Å². The summed E-state index contributed by atoms with van der Waals surface area (Å²) in [6.45, 7) is 2.51. The summed E-state index contributed by atoms with van der Waals surface area (Å²) < 4.78 is 0. The number of hydrogen-bond acceptors (Lipinski definition) is 3. The van der Waals surface area contributed by atoms with Gasteiger partial charge in [0.25, 0.3) is 0 Å². The van der Waals surface area contributed by atoms with Crippen molar-refractivity contribution in [3.63, 3.8) is 0 Å². The minimum Gasteiger partial charge on any atom is -0.143 e. The highest BCUT2D eigenvalue weighted by atomic mass is 35.5. The summed E-state index contributed by atoms with van der Waals surface area (Å²) in [7, 11) is 0. The Balaban J connectivity index is 1.69. The molecule has 4 fully saturated rings. The first kappa shape index (κ1) is 12.6. The molecular formula is C15H21ClN2S. The van der Waals surface area contributed by atoms with Crippen molar-refractivity contribution in [2.24, 2.45) is 17.3 Å². The average molecular weight is 297 g/mol. The summed E-state index contributed by atoms with van der Waals surface area (Å²) in [4.78, 5) is 0. The molecule has 4 saturated carbocycles. The second-order valence-corrected chi connectivity index (χ2v) is 8.93. The number of alkyl halides is 1. The van der Waals surface area contributed by atoms with E-state index in [2.05, 4.69) is 17.1 Å². The highest BCUT2D eigenvalue weighted by Crippen LogP contribution is 2.65. The lowest BCUT2D eigenvalue weighted by Crippen LogP contribution is -2.52. The van der Waals surface area contributed by atoms with E-state index in [1.54, 1.807) is 0 Å². The molecule has 4 bridgehead atoms. The Morgan fingerprint density at radius 3 is 2.58 bits per heavy atom. The molecule has 4 heteroatoms. The Labute approximate surface area is 124 Å². The lowest BCUT2D eigenvalue weighted by Gasteiger charge is -2.60. The summed E-state index contributed by atoms with van der Waals surface area (Å²) in [5.41, 5.74) is 0.962. The van der Waals surface area contributed by atoms with E-state index in [1.807, 2.05) is 11.3 Å². The molecule has 4 aliphatic rings. The quantitative estimate of drug-likeness (QED) is 0.782.